The molecule has 21 heavy (non-hydrogen) atoms. The highest BCUT2D eigenvalue weighted by atomic mass is 19.1. The van der Waals surface area contributed by atoms with E-state index in [0.29, 0.717) is 25.6 Å². The number of nitrogens with zero attached hydrogens (tertiary/aromatic N) is 1. The Morgan fingerprint density at radius 2 is 2.24 bits per heavy atom. The molecule has 0 aliphatic carbocycles. The fourth-order valence-corrected chi connectivity index (χ4v) is 2.23. The average molecular weight is 295 g/mol. The van der Waals surface area contributed by atoms with E-state index in [1.807, 2.05) is 13.8 Å². The van der Waals surface area contributed by atoms with E-state index in [2.05, 4.69) is 15.6 Å². The molecule has 1 aliphatic rings. The van der Waals surface area contributed by atoms with Crippen molar-refractivity contribution in [2.24, 2.45) is 4.99 Å². The van der Waals surface area contributed by atoms with Gasteiger partial charge in [-0.05, 0) is 38.0 Å². The molecular formula is C15H22FN3O2. The highest BCUT2D eigenvalue weighted by Crippen LogP contribution is 2.29. The third-order valence-electron chi connectivity index (χ3n) is 3.09. The zero-order valence-electron chi connectivity index (χ0n) is 12.7. The minimum absolute atomic E-state index is 0.218. The SMILES string of the molecule is CN=C(NCCc1cc(F)cc2c1OCOC2)NC(C)C. The van der Waals surface area contributed by atoms with Crippen molar-refractivity contribution in [2.75, 3.05) is 20.4 Å². The van der Waals surface area contributed by atoms with Crippen molar-refractivity contribution >= 4 is 5.96 Å². The number of guanidine groups is 1. The lowest BCUT2D eigenvalue weighted by molar-refractivity contribution is -0.0172. The summed E-state index contributed by atoms with van der Waals surface area (Å²) in [6.45, 7) is 5.35. The third-order valence-corrected chi connectivity index (χ3v) is 3.09. The molecule has 0 bridgehead atoms. The Morgan fingerprint density at radius 3 is 2.95 bits per heavy atom. The molecule has 6 heteroatoms. The lowest BCUT2D eigenvalue weighted by atomic mass is 10.1. The maximum Gasteiger partial charge on any atom is 0.191 e. The molecule has 1 aromatic rings. The van der Waals surface area contributed by atoms with Gasteiger partial charge in [-0.25, -0.2) is 4.39 Å². The standard InChI is InChI=1S/C15H22FN3O2/c1-10(2)19-15(17-3)18-5-4-11-6-13(16)7-12-8-20-9-21-14(11)12/h6-7,10H,4-5,8-9H2,1-3H3,(H2,17,18,19). The molecule has 0 atom stereocenters. The second kappa shape index (κ2) is 7.26. The number of halogens is 1. The van der Waals surface area contributed by atoms with Crippen LogP contribution in [0.5, 0.6) is 5.75 Å². The summed E-state index contributed by atoms with van der Waals surface area (Å²) in [6, 6.07) is 3.29. The van der Waals surface area contributed by atoms with E-state index in [4.69, 9.17) is 9.47 Å². The predicted molar refractivity (Wildman–Crippen MR) is 80.0 cm³/mol. The van der Waals surface area contributed by atoms with Crippen LogP contribution in [0.3, 0.4) is 0 Å². The van der Waals surface area contributed by atoms with Gasteiger partial charge in [0.1, 0.15) is 11.6 Å². The number of fused-ring (bicyclic) bond motifs is 1. The maximum absolute atomic E-state index is 13.6. The van der Waals surface area contributed by atoms with E-state index in [0.717, 1.165) is 22.8 Å². The van der Waals surface area contributed by atoms with Crippen LogP contribution in [0, 0.1) is 5.82 Å². The Bertz CT molecular complexity index is 518. The minimum atomic E-state index is -0.262. The number of aliphatic imine (C=N–C) groups is 1. The number of rotatable bonds is 4. The second-order valence-electron chi connectivity index (χ2n) is 5.21. The molecule has 0 saturated heterocycles. The van der Waals surface area contributed by atoms with E-state index in [9.17, 15) is 4.39 Å². The van der Waals surface area contributed by atoms with Gasteiger partial charge in [-0.3, -0.25) is 4.99 Å². The Morgan fingerprint density at radius 1 is 1.43 bits per heavy atom. The summed E-state index contributed by atoms with van der Waals surface area (Å²) >= 11 is 0. The van der Waals surface area contributed by atoms with Crippen molar-refractivity contribution in [2.45, 2.75) is 32.9 Å². The zero-order chi connectivity index (χ0) is 15.2. The molecule has 0 spiro atoms. The molecule has 0 fully saturated rings. The molecule has 0 amide bonds. The summed E-state index contributed by atoms with van der Waals surface area (Å²) in [5, 5.41) is 6.41. The zero-order valence-corrected chi connectivity index (χ0v) is 12.7. The number of nitrogens with one attached hydrogen (secondary N) is 2. The summed E-state index contributed by atoms with van der Waals surface area (Å²) in [5.41, 5.74) is 1.61. The number of benzene rings is 1. The predicted octanol–water partition coefficient (Wildman–Crippen LogP) is 1.81. The first-order valence-corrected chi connectivity index (χ1v) is 7.09. The van der Waals surface area contributed by atoms with Gasteiger partial charge in [0, 0.05) is 25.2 Å². The van der Waals surface area contributed by atoms with Gasteiger partial charge in [0.2, 0.25) is 0 Å². The van der Waals surface area contributed by atoms with Crippen molar-refractivity contribution in [3.63, 3.8) is 0 Å². The summed E-state index contributed by atoms with van der Waals surface area (Å²) in [4.78, 5) is 4.13. The van der Waals surface area contributed by atoms with E-state index in [1.165, 1.54) is 12.1 Å². The molecule has 116 valence electrons. The normalized spacial score (nSPS) is 14.6. The van der Waals surface area contributed by atoms with Crippen LogP contribution in [0.25, 0.3) is 0 Å². The van der Waals surface area contributed by atoms with E-state index in [1.54, 1.807) is 7.05 Å². The average Bonchev–Trinajstić information content (AvgIpc) is 2.45. The molecule has 0 unspecified atom stereocenters. The van der Waals surface area contributed by atoms with Crippen molar-refractivity contribution in [3.8, 4) is 5.75 Å². The molecule has 2 rings (SSSR count). The van der Waals surface area contributed by atoms with E-state index in [-0.39, 0.29) is 12.6 Å². The lowest BCUT2D eigenvalue weighted by Gasteiger charge is -2.21. The molecule has 1 heterocycles. The minimum Gasteiger partial charge on any atom is -0.467 e. The largest absolute Gasteiger partial charge is 0.467 e. The number of hydrogen-bond donors (Lipinski definition) is 2. The van der Waals surface area contributed by atoms with Crippen LogP contribution in [0.4, 0.5) is 4.39 Å². The monoisotopic (exact) mass is 295 g/mol. The van der Waals surface area contributed by atoms with Gasteiger partial charge >= 0.3 is 0 Å². The van der Waals surface area contributed by atoms with Gasteiger partial charge in [0.25, 0.3) is 0 Å². The quantitative estimate of drug-likeness (QED) is 0.657. The summed E-state index contributed by atoms with van der Waals surface area (Å²) in [5.74, 6) is 1.22. The molecule has 0 saturated carbocycles. The third kappa shape index (κ3) is 4.32. The summed E-state index contributed by atoms with van der Waals surface area (Å²) < 4.78 is 24.3. The molecule has 0 radical (unpaired) electrons. The smallest absolute Gasteiger partial charge is 0.191 e. The van der Waals surface area contributed by atoms with E-state index < -0.39 is 0 Å². The second-order valence-corrected chi connectivity index (χ2v) is 5.21. The molecule has 2 N–H and O–H groups in total. The van der Waals surface area contributed by atoms with Crippen molar-refractivity contribution in [3.05, 3.63) is 29.1 Å². The Hall–Kier alpha value is -1.82. The molecule has 1 aliphatic heterocycles. The molecule has 0 aromatic heterocycles. The first-order valence-electron chi connectivity index (χ1n) is 7.09. The highest BCUT2D eigenvalue weighted by molar-refractivity contribution is 5.79. The molecule has 1 aromatic carbocycles. The van der Waals surface area contributed by atoms with Crippen LogP contribution in [-0.2, 0) is 17.8 Å². The topological polar surface area (TPSA) is 54.9 Å². The Balaban J connectivity index is 1.98. The Labute approximate surface area is 124 Å². The molecule has 5 nitrogen and oxygen atoms in total. The first-order chi connectivity index (χ1) is 10.1. The highest BCUT2D eigenvalue weighted by Gasteiger charge is 2.16. The van der Waals surface area contributed by atoms with Crippen molar-refractivity contribution < 1.29 is 13.9 Å². The first kappa shape index (κ1) is 15.6. The van der Waals surface area contributed by atoms with Crippen LogP contribution < -0.4 is 15.4 Å². The van der Waals surface area contributed by atoms with Crippen molar-refractivity contribution in [1.82, 2.24) is 10.6 Å². The van der Waals surface area contributed by atoms with Crippen LogP contribution in [0.1, 0.15) is 25.0 Å². The van der Waals surface area contributed by atoms with Gasteiger partial charge in [0.15, 0.2) is 12.8 Å². The maximum atomic E-state index is 13.6. The van der Waals surface area contributed by atoms with Crippen LogP contribution >= 0.6 is 0 Å². The van der Waals surface area contributed by atoms with Gasteiger partial charge < -0.3 is 20.1 Å². The fourth-order valence-electron chi connectivity index (χ4n) is 2.23. The van der Waals surface area contributed by atoms with Crippen LogP contribution in [0.15, 0.2) is 17.1 Å². The fraction of sp³-hybridized carbons (Fsp3) is 0.533. The van der Waals surface area contributed by atoms with Gasteiger partial charge in [-0.1, -0.05) is 0 Å². The van der Waals surface area contributed by atoms with Crippen LogP contribution in [-0.4, -0.2) is 32.4 Å². The van der Waals surface area contributed by atoms with Gasteiger partial charge in [-0.2, -0.15) is 0 Å². The Kier molecular flexibility index (Phi) is 5.38. The summed E-state index contributed by atoms with van der Waals surface area (Å²) in [6.07, 6.45) is 0.652. The number of hydrogen-bond acceptors (Lipinski definition) is 3. The van der Waals surface area contributed by atoms with E-state index >= 15 is 0 Å². The molecular weight excluding hydrogens is 273 g/mol. The van der Waals surface area contributed by atoms with Gasteiger partial charge in [-0.15, -0.1) is 0 Å². The van der Waals surface area contributed by atoms with Gasteiger partial charge in [0.05, 0.1) is 6.61 Å². The summed E-state index contributed by atoms with van der Waals surface area (Å²) in [7, 11) is 1.72. The van der Waals surface area contributed by atoms with Crippen molar-refractivity contribution in [1.29, 1.82) is 0 Å². The van der Waals surface area contributed by atoms with Crippen LogP contribution in [0.2, 0.25) is 0 Å². The lowest BCUT2D eigenvalue weighted by Crippen LogP contribution is -2.41. The number of ether oxygens (including phenoxy) is 2.